The summed E-state index contributed by atoms with van der Waals surface area (Å²) in [6.45, 7) is 1.26. The number of hydrogen-bond donors (Lipinski definition) is 1. The van der Waals surface area contributed by atoms with Gasteiger partial charge in [0, 0.05) is 13.1 Å². The molecule has 2 aromatic carbocycles. The van der Waals surface area contributed by atoms with Gasteiger partial charge in [0.25, 0.3) is 5.91 Å². The van der Waals surface area contributed by atoms with Crippen LogP contribution in [0.1, 0.15) is 15.9 Å². The number of carbonyl (C=O) groups is 3. The Morgan fingerprint density at radius 2 is 1.81 bits per heavy atom. The number of carbonyl (C=O) groups excluding carboxylic acids is 3. The number of nitrogens with one attached hydrogen (secondary N) is 1. The van der Waals surface area contributed by atoms with Crippen LogP contribution in [0.15, 0.2) is 54.6 Å². The van der Waals surface area contributed by atoms with Gasteiger partial charge in [0.1, 0.15) is 17.8 Å². The third kappa shape index (κ3) is 4.39. The summed E-state index contributed by atoms with van der Waals surface area (Å²) in [6, 6.07) is 15.2. The van der Waals surface area contributed by atoms with Gasteiger partial charge in [0.05, 0.1) is 32.4 Å². The van der Waals surface area contributed by atoms with Crippen molar-refractivity contribution in [1.82, 2.24) is 15.1 Å². The number of rotatable bonds is 6. The lowest BCUT2D eigenvalue weighted by atomic mass is 10.0. The van der Waals surface area contributed by atoms with Gasteiger partial charge >= 0.3 is 0 Å². The molecule has 8 nitrogen and oxygen atoms in total. The Balaban J connectivity index is 1.38. The van der Waals surface area contributed by atoms with E-state index in [2.05, 4.69) is 5.32 Å². The fraction of sp³-hybridized carbons (Fsp3) is 0.348. The molecule has 1 N–H and O–H groups in total. The maximum absolute atomic E-state index is 13.0. The second kappa shape index (κ2) is 9.18. The second-order valence-corrected chi connectivity index (χ2v) is 7.56. The normalized spacial score (nSPS) is 20.8. The van der Waals surface area contributed by atoms with E-state index in [1.165, 1.54) is 7.11 Å². The van der Waals surface area contributed by atoms with E-state index < -0.39 is 12.1 Å². The third-order valence-corrected chi connectivity index (χ3v) is 5.60. The molecule has 2 heterocycles. The second-order valence-electron chi connectivity index (χ2n) is 7.56. The summed E-state index contributed by atoms with van der Waals surface area (Å²) in [6.07, 6.45) is 0. The molecule has 0 aromatic heterocycles. The smallest absolute Gasteiger partial charge is 0.257 e. The molecule has 8 heteroatoms. The summed E-state index contributed by atoms with van der Waals surface area (Å²) in [5, 5.41) is 2.76. The molecule has 2 aliphatic rings. The molecule has 162 valence electrons. The molecule has 4 rings (SSSR count). The molecule has 2 aliphatic heterocycles. The SMILES string of the molecule is COc1ccccc1C(=O)N1CCN2C(=O)[C@H](COCc3ccccc3)NC(=O)[C@H]2C1. The van der Waals surface area contributed by atoms with Crippen molar-refractivity contribution in [3.63, 3.8) is 0 Å². The molecule has 0 unspecified atom stereocenters. The molecule has 2 aromatic rings. The van der Waals surface area contributed by atoms with Crippen LogP contribution in [0.25, 0.3) is 0 Å². The zero-order valence-corrected chi connectivity index (χ0v) is 17.3. The van der Waals surface area contributed by atoms with Crippen molar-refractivity contribution >= 4 is 17.7 Å². The molecule has 31 heavy (non-hydrogen) atoms. The van der Waals surface area contributed by atoms with E-state index in [0.717, 1.165) is 5.56 Å². The molecule has 2 atom stereocenters. The first kappa shape index (κ1) is 20.9. The van der Waals surface area contributed by atoms with Crippen molar-refractivity contribution in [2.75, 3.05) is 33.4 Å². The topological polar surface area (TPSA) is 88.2 Å². The van der Waals surface area contributed by atoms with Crippen molar-refractivity contribution in [3.8, 4) is 5.75 Å². The molecule has 0 aliphatic carbocycles. The average Bonchev–Trinajstić information content (AvgIpc) is 2.82. The molecule has 3 amide bonds. The summed E-state index contributed by atoms with van der Waals surface area (Å²) in [7, 11) is 1.51. The van der Waals surface area contributed by atoms with E-state index in [-0.39, 0.29) is 30.9 Å². The minimum absolute atomic E-state index is 0.104. The zero-order chi connectivity index (χ0) is 21.8. The Bertz CT molecular complexity index is 965. The third-order valence-electron chi connectivity index (χ3n) is 5.60. The first-order valence-corrected chi connectivity index (χ1v) is 10.2. The standard InChI is InChI=1S/C23H25N3O5/c1-30-20-10-6-5-9-17(20)22(28)25-11-12-26-19(13-25)21(27)24-18(23(26)29)15-31-14-16-7-3-2-4-8-16/h2-10,18-19H,11-15H2,1H3,(H,24,27)/t18-,19+/m0/s1. The Hall–Kier alpha value is -3.39. The van der Waals surface area contributed by atoms with Crippen LogP contribution in [0, 0.1) is 0 Å². The van der Waals surface area contributed by atoms with Crippen LogP contribution in [-0.4, -0.2) is 73.0 Å². The summed E-state index contributed by atoms with van der Waals surface area (Å²) >= 11 is 0. The Labute approximate surface area is 180 Å². The van der Waals surface area contributed by atoms with Gasteiger partial charge in [-0.3, -0.25) is 14.4 Å². The Kier molecular flexibility index (Phi) is 6.18. The lowest BCUT2D eigenvalue weighted by Crippen LogP contribution is -2.70. The quantitative estimate of drug-likeness (QED) is 0.751. The van der Waals surface area contributed by atoms with Crippen molar-refractivity contribution in [2.45, 2.75) is 18.7 Å². The Morgan fingerprint density at radius 1 is 1.06 bits per heavy atom. The van der Waals surface area contributed by atoms with Crippen LogP contribution in [0.4, 0.5) is 0 Å². The number of benzene rings is 2. The van der Waals surface area contributed by atoms with E-state index >= 15 is 0 Å². The van der Waals surface area contributed by atoms with Crippen molar-refractivity contribution in [2.24, 2.45) is 0 Å². The predicted octanol–water partition coefficient (Wildman–Crippen LogP) is 1.06. The van der Waals surface area contributed by atoms with Crippen LogP contribution in [0.2, 0.25) is 0 Å². The molecule has 0 spiro atoms. The molecular formula is C23H25N3O5. The van der Waals surface area contributed by atoms with Gasteiger partial charge < -0.3 is 24.6 Å². The van der Waals surface area contributed by atoms with Crippen molar-refractivity contribution < 1.29 is 23.9 Å². The first-order valence-electron chi connectivity index (χ1n) is 10.2. The molecule has 2 fully saturated rings. The van der Waals surface area contributed by atoms with Crippen molar-refractivity contribution in [1.29, 1.82) is 0 Å². The average molecular weight is 423 g/mol. The van der Waals surface area contributed by atoms with Crippen LogP contribution in [0.5, 0.6) is 5.75 Å². The van der Waals surface area contributed by atoms with Gasteiger partial charge in [-0.25, -0.2) is 0 Å². The predicted molar refractivity (Wildman–Crippen MR) is 112 cm³/mol. The molecular weight excluding hydrogens is 398 g/mol. The van der Waals surface area contributed by atoms with Gasteiger partial charge in [-0.2, -0.15) is 0 Å². The van der Waals surface area contributed by atoms with Crippen LogP contribution >= 0.6 is 0 Å². The summed E-state index contributed by atoms with van der Waals surface area (Å²) < 4.78 is 10.9. The summed E-state index contributed by atoms with van der Waals surface area (Å²) in [4.78, 5) is 41.8. The number of para-hydroxylation sites is 1. The number of ether oxygens (including phenoxy) is 2. The molecule has 0 bridgehead atoms. The van der Waals surface area contributed by atoms with Gasteiger partial charge in [-0.15, -0.1) is 0 Å². The van der Waals surface area contributed by atoms with Gasteiger partial charge in [0.2, 0.25) is 11.8 Å². The zero-order valence-electron chi connectivity index (χ0n) is 17.3. The maximum atomic E-state index is 13.0. The maximum Gasteiger partial charge on any atom is 0.257 e. The fourth-order valence-electron chi connectivity index (χ4n) is 3.96. The molecule has 0 saturated carbocycles. The molecule has 2 saturated heterocycles. The van der Waals surface area contributed by atoms with Gasteiger partial charge in [-0.1, -0.05) is 42.5 Å². The number of amides is 3. The van der Waals surface area contributed by atoms with Crippen LogP contribution in [-0.2, 0) is 20.9 Å². The Morgan fingerprint density at radius 3 is 2.58 bits per heavy atom. The van der Waals surface area contributed by atoms with E-state index in [4.69, 9.17) is 9.47 Å². The largest absolute Gasteiger partial charge is 0.496 e. The lowest BCUT2D eigenvalue weighted by Gasteiger charge is -2.45. The minimum atomic E-state index is -0.719. The van der Waals surface area contributed by atoms with Gasteiger partial charge in [-0.05, 0) is 17.7 Å². The number of nitrogens with zero attached hydrogens (tertiary/aromatic N) is 2. The van der Waals surface area contributed by atoms with E-state index in [1.807, 2.05) is 30.3 Å². The van der Waals surface area contributed by atoms with E-state index in [0.29, 0.717) is 31.0 Å². The van der Waals surface area contributed by atoms with Gasteiger partial charge in [0.15, 0.2) is 0 Å². The van der Waals surface area contributed by atoms with E-state index in [9.17, 15) is 14.4 Å². The highest BCUT2D eigenvalue weighted by Gasteiger charge is 2.44. The fourth-order valence-corrected chi connectivity index (χ4v) is 3.96. The highest BCUT2D eigenvalue weighted by molar-refractivity contribution is 6.00. The molecule has 0 radical (unpaired) electrons. The monoisotopic (exact) mass is 423 g/mol. The minimum Gasteiger partial charge on any atom is -0.496 e. The number of fused-ring (bicyclic) bond motifs is 1. The number of piperazine rings is 2. The highest BCUT2D eigenvalue weighted by atomic mass is 16.5. The first-order chi connectivity index (χ1) is 15.1. The van der Waals surface area contributed by atoms with Crippen molar-refractivity contribution in [3.05, 3.63) is 65.7 Å². The highest BCUT2D eigenvalue weighted by Crippen LogP contribution is 2.23. The lowest BCUT2D eigenvalue weighted by molar-refractivity contribution is -0.154. The van der Waals surface area contributed by atoms with Crippen LogP contribution < -0.4 is 10.1 Å². The van der Waals surface area contributed by atoms with E-state index in [1.54, 1.807) is 34.1 Å². The summed E-state index contributed by atoms with van der Waals surface area (Å²) in [5.74, 6) is -0.187. The number of hydrogen-bond acceptors (Lipinski definition) is 5. The summed E-state index contributed by atoms with van der Waals surface area (Å²) in [5.41, 5.74) is 1.44. The van der Waals surface area contributed by atoms with Crippen LogP contribution in [0.3, 0.4) is 0 Å². The number of methoxy groups -OCH3 is 1.